The van der Waals surface area contributed by atoms with E-state index in [-0.39, 0.29) is 5.65 Å². The smallest absolute Gasteiger partial charge is 0.293 e. The number of nitrogens with one attached hydrogen (secondary N) is 1. The van der Waals surface area contributed by atoms with Gasteiger partial charge in [-0.05, 0) is 23.3 Å². The molecule has 7 heteroatoms. The van der Waals surface area contributed by atoms with Crippen molar-refractivity contribution in [1.82, 2.24) is 14.6 Å². The van der Waals surface area contributed by atoms with Gasteiger partial charge in [-0.25, -0.2) is 9.50 Å². The van der Waals surface area contributed by atoms with Crippen LogP contribution in [-0.4, -0.2) is 14.6 Å². The van der Waals surface area contributed by atoms with Crippen LogP contribution in [0.15, 0.2) is 53.3 Å². The minimum atomic E-state index is -4.69. The number of aromatic nitrogens is 3. The second kappa shape index (κ2) is 5.20. The number of H-pyrrole nitrogens is 1. The molecular formula is C18H12F3N3O. The van der Waals surface area contributed by atoms with Gasteiger partial charge in [-0.3, -0.25) is 9.89 Å². The molecule has 0 amide bonds. The molecule has 0 saturated carbocycles. The topological polar surface area (TPSA) is 50.2 Å². The molecule has 0 atom stereocenters. The summed E-state index contributed by atoms with van der Waals surface area (Å²) in [5.41, 5.74) is -0.251. The number of hydrogen-bond donors (Lipinski definition) is 1. The van der Waals surface area contributed by atoms with Crippen molar-refractivity contribution in [3.8, 4) is 11.1 Å². The number of nitrogens with zero attached hydrogens (tertiary/aromatic N) is 2. The molecule has 1 N–H and O–H groups in total. The highest BCUT2D eigenvalue weighted by atomic mass is 19.4. The fourth-order valence-corrected chi connectivity index (χ4v) is 3.06. The molecule has 0 saturated heterocycles. The monoisotopic (exact) mass is 343 g/mol. The Morgan fingerprint density at radius 2 is 1.80 bits per heavy atom. The van der Waals surface area contributed by atoms with Gasteiger partial charge in [-0.15, -0.1) is 0 Å². The Bertz CT molecular complexity index is 1170. The van der Waals surface area contributed by atoms with Crippen LogP contribution in [0, 0.1) is 6.92 Å². The molecule has 4 aromatic rings. The number of alkyl halides is 3. The molecule has 4 nitrogen and oxygen atoms in total. The van der Waals surface area contributed by atoms with Gasteiger partial charge in [0.25, 0.3) is 5.56 Å². The number of fused-ring (bicyclic) bond motifs is 2. The lowest BCUT2D eigenvalue weighted by Crippen LogP contribution is -2.20. The van der Waals surface area contributed by atoms with Gasteiger partial charge in [0.2, 0.25) is 0 Å². The Morgan fingerprint density at radius 1 is 1.08 bits per heavy atom. The molecule has 2 heterocycles. The van der Waals surface area contributed by atoms with E-state index in [4.69, 9.17) is 0 Å². The van der Waals surface area contributed by atoms with Gasteiger partial charge in [0.15, 0.2) is 11.3 Å². The van der Waals surface area contributed by atoms with Crippen LogP contribution in [-0.2, 0) is 6.18 Å². The number of benzene rings is 2. The number of hydrogen-bond acceptors (Lipinski definition) is 2. The molecule has 0 spiro atoms. The largest absolute Gasteiger partial charge is 0.433 e. The Balaban J connectivity index is 2.13. The summed E-state index contributed by atoms with van der Waals surface area (Å²) >= 11 is 0. The Labute approximate surface area is 139 Å². The summed E-state index contributed by atoms with van der Waals surface area (Å²) in [6.07, 6.45) is -4.69. The van der Waals surface area contributed by atoms with Gasteiger partial charge in [-0.1, -0.05) is 42.5 Å². The molecule has 4 rings (SSSR count). The van der Waals surface area contributed by atoms with Crippen molar-refractivity contribution in [2.24, 2.45) is 0 Å². The van der Waals surface area contributed by atoms with Crippen LogP contribution in [0.5, 0.6) is 0 Å². The standard InChI is InChI=1S/C18H12F3N3O/c1-10-16(13-8-4-6-11-5-2-3-7-12(11)13)17-22-14(18(19,20)21)9-15(25)24(17)23-10/h2-9,23H,1H3. The Hall–Kier alpha value is -3.09. The zero-order valence-corrected chi connectivity index (χ0v) is 13.1. The van der Waals surface area contributed by atoms with E-state index in [0.717, 1.165) is 20.9 Å². The fourth-order valence-electron chi connectivity index (χ4n) is 3.06. The predicted octanol–water partition coefficient (Wildman–Crippen LogP) is 4.17. The molecule has 25 heavy (non-hydrogen) atoms. The highest BCUT2D eigenvalue weighted by Crippen LogP contribution is 2.34. The fraction of sp³-hybridized carbons (Fsp3) is 0.111. The van der Waals surface area contributed by atoms with E-state index in [1.165, 1.54) is 0 Å². The van der Waals surface area contributed by atoms with Gasteiger partial charge in [-0.2, -0.15) is 13.2 Å². The summed E-state index contributed by atoms with van der Waals surface area (Å²) in [4.78, 5) is 15.8. The number of halogens is 3. The van der Waals surface area contributed by atoms with Crippen molar-refractivity contribution in [2.75, 3.05) is 0 Å². The van der Waals surface area contributed by atoms with Gasteiger partial charge < -0.3 is 0 Å². The van der Waals surface area contributed by atoms with Crippen molar-refractivity contribution in [3.05, 3.63) is 70.3 Å². The summed E-state index contributed by atoms with van der Waals surface area (Å²) in [7, 11) is 0. The van der Waals surface area contributed by atoms with Crippen LogP contribution < -0.4 is 5.56 Å². The molecule has 0 aliphatic heterocycles. The van der Waals surface area contributed by atoms with Crippen molar-refractivity contribution in [3.63, 3.8) is 0 Å². The van der Waals surface area contributed by atoms with Crippen molar-refractivity contribution >= 4 is 16.4 Å². The number of aryl methyl sites for hydroxylation is 1. The normalized spacial score (nSPS) is 12.2. The average Bonchev–Trinajstić information content (AvgIpc) is 2.90. The molecule has 0 aliphatic rings. The van der Waals surface area contributed by atoms with Crippen LogP contribution in [0.3, 0.4) is 0 Å². The first kappa shape index (κ1) is 15.4. The van der Waals surface area contributed by atoms with E-state index in [2.05, 4.69) is 10.1 Å². The molecule has 0 fully saturated rings. The second-order valence-electron chi connectivity index (χ2n) is 5.77. The minimum absolute atomic E-state index is 0.0336. The van der Waals surface area contributed by atoms with Crippen molar-refractivity contribution in [2.45, 2.75) is 13.1 Å². The lowest BCUT2D eigenvalue weighted by atomic mass is 9.98. The Kier molecular flexibility index (Phi) is 3.21. The van der Waals surface area contributed by atoms with Gasteiger partial charge in [0, 0.05) is 17.3 Å². The number of aromatic amines is 1. The summed E-state index contributed by atoms with van der Waals surface area (Å²) in [6.45, 7) is 1.71. The summed E-state index contributed by atoms with van der Waals surface area (Å²) in [5, 5.41) is 4.64. The third-order valence-corrected chi connectivity index (χ3v) is 4.15. The van der Waals surface area contributed by atoms with Crippen molar-refractivity contribution in [1.29, 1.82) is 0 Å². The minimum Gasteiger partial charge on any atom is -0.293 e. The lowest BCUT2D eigenvalue weighted by molar-refractivity contribution is -0.141. The van der Waals surface area contributed by atoms with Crippen LogP contribution in [0.4, 0.5) is 13.2 Å². The van der Waals surface area contributed by atoms with Gasteiger partial charge in [0.1, 0.15) is 0 Å². The molecule has 0 bridgehead atoms. The molecule has 2 aromatic heterocycles. The van der Waals surface area contributed by atoms with Crippen LogP contribution in [0.2, 0.25) is 0 Å². The molecule has 0 unspecified atom stereocenters. The zero-order valence-electron chi connectivity index (χ0n) is 13.1. The van der Waals surface area contributed by atoms with E-state index in [0.29, 0.717) is 17.3 Å². The van der Waals surface area contributed by atoms with Crippen LogP contribution >= 0.6 is 0 Å². The van der Waals surface area contributed by atoms with E-state index < -0.39 is 17.4 Å². The van der Waals surface area contributed by atoms with E-state index in [1.54, 1.807) is 6.92 Å². The van der Waals surface area contributed by atoms with Crippen molar-refractivity contribution < 1.29 is 13.2 Å². The van der Waals surface area contributed by atoms with E-state index in [9.17, 15) is 18.0 Å². The summed E-state index contributed by atoms with van der Waals surface area (Å²) < 4.78 is 40.2. The molecule has 0 radical (unpaired) electrons. The van der Waals surface area contributed by atoms with Crippen LogP contribution in [0.1, 0.15) is 11.4 Å². The summed E-state index contributed by atoms with van der Waals surface area (Å²) in [6, 6.07) is 13.6. The highest BCUT2D eigenvalue weighted by molar-refractivity contribution is 6.00. The third kappa shape index (κ3) is 2.39. The maximum absolute atomic E-state index is 13.1. The molecule has 2 aromatic carbocycles. The first-order valence-electron chi connectivity index (χ1n) is 7.54. The zero-order chi connectivity index (χ0) is 17.8. The van der Waals surface area contributed by atoms with E-state index in [1.807, 2.05) is 42.5 Å². The first-order valence-corrected chi connectivity index (χ1v) is 7.54. The third-order valence-electron chi connectivity index (χ3n) is 4.15. The second-order valence-corrected chi connectivity index (χ2v) is 5.77. The quantitative estimate of drug-likeness (QED) is 0.564. The van der Waals surface area contributed by atoms with E-state index >= 15 is 0 Å². The molecule has 0 aliphatic carbocycles. The Morgan fingerprint density at radius 3 is 2.56 bits per heavy atom. The van der Waals surface area contributed by atoms with Crippen LogP contribution in [0.25, 0.3) is 27.5 Å². The SMILES string of the molecule is Cc1[nH]n2c(=O)cc(C(F)(F)F)nc2c1-c1cccc2ccccc12. The average molecular weight is 343 g/mol. The molecule has 126 valence electrons. The lowest BCUT2D eigenvalue weighted by Gasteiger charge is -2.08. The van der Waals surface area contributed by atoms with Gasteiger partial charge >= 0.3 is 6.18 Å². The maximum atomic E-state index is 13.1. The predicted molar refractivity (Wildman–Crippen MR) is 88.5 cm³/mol. The molecular weight excluding hydrogens is 331 g/mol. The number of rotatable bonds is 1. The highest BCUT2D eigenvalue weighted by Gasteiger charge is 2.34. The maximum Gasteiger partial charge on any atom is 0.433 e. The van der Waals surface area contributed by atoms with Gasteiger partial charge in [0.05, 0.1) is 0 Å². The summed E-state index contributed by atoms with van der Waals surface area (Å²) in [5.74, 6) is 0. The first-order chi connectivity index (χ1) is 11.9.